The molecule has 202 valence electrons. The predicted molar refractivity (Wildman–Crippen MR) is 148 cm³/mol. The lowest BCUT2D eigenvalue weighted by molar-refractivity contribution is 0.0184. The van der Waals surface area contributed by atoms with Crippen LogP contribution < -0.4 is 5.32 Å². The van der Waals surface area contributed by atoms with Gasteiger partial charge in [0, 0.05) is 30.5 Å². The minimum Gasteiger partial charge on any atom is -0.444 e. The highest BCUT2D eigenvalue weighted by atomic mass is 16.6. The van der Waals surface area contributed by atoms with Gasteiger partial charge in [-0.1, -0.05) is 6.07 Å². The van der Waals surface area contributed by atoms with Crippen LogP contribution in [0, 0.1) is 18.3 Å². The van der Waals surface area contributed by atoms with Gasteiger partial charge in [0.05, 0.1) is 30.2 Å². The van der Waals surface area contributed by atoms with E-state index >= 15 is 0 Å². The van der Waals surface area contributed by atoms with E-state index in [2.05, 4.69) is 33.0 Å². The molecule has 0 saturated carbocycles. The van der Waals surface area contributed by atoms with Crippen LogP contribution in [-0.4, -0.2) is 53.8 Å². The van der Waals surface area contributed by atoms with Crippen molar-refractivity contribution >= 4 is 17.6 Å². The molecule has 0 aromatic carbocycles. The zero-order valence-corrected chi connectivity index (χ0v) is 23.0. The Balaban J connectivity index is 1.41. The molecule has 5 heterocycles. The number of pyridine rings is 2. The van der Waals surface area contributed by atoms with Crippen molar-refractivity contribution < 1.29 is 9.53 Å². The van der Waals surface area contributed by atoms with E-state index in [1.54, 1.807) is 17.3 Å². The zero-order chi connectivity index (χ0) is 27.7. The number of fused-ring (bicyclic) bond motifs is 1. The molecular weight excluding hydrogens is 492 g/mol. The van der Waals surface area contributed by atoms with Gasteiger partial charge in [-0.2, -0.15) is 10.4 Å². The standard InChI is InChI=1S/C29H34N8O2/c1-19(25-8-6-7-11-31-25)34-27-15-21(14-26-32-17-23(16-30)36(26)27)24-18-33-37(20(24)2)22-9-12-35(13-10-22)28(38)39-29(3,4)5/h6-8,11,14-15,17-19,22,34H,9-10,12-13H2,1-5H3/t19-/m1/s1. The highest BCUT2D eigenvalue weighted by molar-refractivity contribution is 5.74. The molecule has 0 aliphatic carbocycles. The first-order valence-electron chi connectivity index (χ1n) is 13.3. The maximum absolute atomic E-state index is 12.5. The molecule has 5 rings (SSSR count). The Hall–Kier alpha value is -4.39. The summed E-state index contributed by atoms with van der Waals surface area (Å²) in [5.41, 5.74) is 4.54. The van der Waals surface area contributed by atoms with E-state index in [0.29, 0.717) is 24.4 Å². The number of hydrogen-bond donors (Lipinski definition) is 1. The van der Waals surface area contributed by atoms with Crippen LogP contribution in [0.3, 0.4) is 0 Å². The topological polar surface area (TPSA) is 113 Å². The number of ether oxygens (including phenoxy) is 1. The summed E-state index contributed by atoms with van der Waals surface area (Å²) in [6.07, 6.45) is 6.60. The van der Waals surface area contributed by atoms with Gasteiger partial charge in [0.15, 0.2) is 0 Å². The SMILES string of the molecule is Cc1c(-c2cc(N[C@H](C)c3ccccn3)n3c(C#N)cnc3c2)cnn1C1CCN(C(=O)OC(C)(C)C)CC1. The van der Waals surface area contributed by atoms with Crippen molar-refractivity contribution in [3.63, 3.8) is 0 Å². The molecule has 1 aliphatic heterocycles. The molecule has 1 saturated heterocycles. The van der Waals surface area contributed by atoms with Gasteiger partial charge in [0.1, 0.15) is 28.8 Å². The summed E-state index contributed by atoms with van der Waals surface area (Å²) in [5.74, 6) is 0.757. The fraction of sp³-hybridized carbons (Fsp3) is 0.414. The molecule has 10 nitrogen and oxygen atoms in total. The summed E-state index contributed by atoms with van der Waals surface area (Å²) in [4.78, 5) is 23.2. The van der Waals surface area contributed by atoms with E-state index in [1.165, 1.54) is 0 Å². The maximum atomic E-state index is 12.5. The Morgan fingerprint density at radius 3 is 2.62 bits per heavy atom. The summed E-state index contributed by atoms with van der Waals surface area (Å²) >= 11 is 0. The zero-order valence-electron chi connectivity index (χ0n) is 23.0. The molecule has 0 spiro atoms. The Morgan fingerprint density at radius 2 is 1.95 bits per heavy atom. The highest BCUT2D eigenvalue weighted by Crippen LogP contribution is 2.33. The van der Waals surface area contributed by atoms with Gasteiger partial charge in [-0.3, -0.25) is 14.1 Å². The summed E-state index contributed by atoms with van der Waals surface area (Å²) in [6.45, 7) is 11.0. The quantitative estimate of drug-likeness (QED) is 0.364. The molecule has 1 amide bonds. The normalized spacial score (nSPS) is 15.2. The molecule has 4 aromatic rings. The van der Waals surface area contributed by atoms with Crippen LogP contribution >= 0.6 is 0 Å². The Labute approximate surface area is 228 Å². The van der Waals surface area contributed by atoms with Crippen LogP contribution in [0.1, 0.15) is 69.7 Å². The van der Waals surface area contributed by atoms with Gasteiger partial charge in [0.25, 0.3) is 0 Å². The van der Waals surface area contributed by atoms with Crippen LogP contribution in [0.4, 0.5) is 10.6 Å². The van der Waals surface area contributed by atoms with Crippen molar-refractivity contribution in [3.8, 4) is 17.2 Å². The van der Waals surface area contributed by atoms with E-state index in [9.17, 15) is 10.1 Å². The number of nitriles is 1. The lowest BCUT2D eigenvalue weighted by atomic mass is 10.0. The van der Waals surface area contributed by atoms with Crippen molar-refractivity contribution in [1.29, 1.82) is 5.26 Å². The molecule has 1 N–H and O–H groups in total. The van der Waals surface area contributed by atoms with Crippen molar-refractivity contribution in [2.45, 2.75) is 65.1 Å². The molecule has 0 unspecified atom stereocenters. The fourth-order valence-corrected chi connectivity index (χ4v) is 5.08. The molecular formula is C29H34N8O2. The number of hydrogen-bond acceptors (Lipinski definition) is 7. The number of likely N-dealkylation sites (tertiary alicyclic amines) is 1. The minimum atomic E-state index is -0.505. The first-order chi connectivity index (χ1) is 18.6. The van der Waals surface area contributed by atoms with Crippen molar-refractivity contribution in [2.75, 3.05) is 18.4 Å². The number of aromatic nitrogens is 5. The summed E-state index contributed by atoms with van der Waals surface area (Å²) in [7, 11) is 0. The largest absolute Gasteiger partial charge is 0.444 e. The van der Waals surface area contributed by atoms with E-state index in [1.807, 2.05) is 68.6 Å². The first-order valence-corrected chi connectivity index (χ1v) is 13.3. The maximum Gasteiger partial charge on any atom is 0.410 e. The third kappa shape index (κ3) is 5.43. The molecule has 1 fully saturated rings. The number of amides is 1. The molecule has 0 bridgehead atoms. The van der Waals surface area contributed by atoms with E-state index in [0.717, 1.165) is 41.2 Å². The molecule has 39 heavy (non-hydrogen) atoms. The average Bonchev–Trinajstić information content (AvgIpc) is 3.51. The predicted octanol–water partition coefficient (Wildman–Crippen LogP) is 5.52. The Morgan fingerprint density at radius 1 is 1.18 bits per heavy atom. The third-order valence-corrected chi connectivity index (χ3v) is 7.03. The second-order valence-corrected chi connectivity index (χ2v) is 11.0. The monoisotopic (exact) mass is 526 g/mol. The van der Waals surface area contributed by atoms with Gasteiger partial charge in [-0.25, -0.2) is 9.78 Å². The number of imidazole rings is 1. The van der Waals surface area contributed by atoms with Crippen LogP contribution in [-0.2, 0) is 4.74 Å². The van der Waals surface area contributed by atoms with E-state index in [-0.39, 0.29) is 18.2 Å². The summed E-state index contributed by atoms with van der Waals surface area (Å²) < 4.78 is 9.44. The molecule has 4 aromatic heterocycles. The molecule has 10 heteroatoms. The second-order valence-electron chi connectivity index (χ2n) is 11.0. The van der Waals surface area contributed by atoms with Crippen molar-refractivity contribution in [3.05, 3.63) is 66.0 Å². The number of carbonyl (C=O) groups is 1. The van der Waals surface area contributed by atoms with Gasteiger partial charge in [-0.05, 0) is 77.3 Å². The van der Waals surface area contributed by atoms with Crippen molar-refractivity contribution in [2.24, 2.45) is 0 Å². The second kappa shape index (κ2) is 10.4. The minimum absolute atomic E-state index is 0.0856. The van der Waals surface area contributed by atoms with Crippen molar-refractivity contribution in [1.82, 2.24) is 29.0 Å². The summed E-state index contributed by atoms with van der Waals surface area (Å²) in [5, 5.41) is 18.0. The molecule has 1 atom stereocenters. The summed E-state index contributed by atoms with van der Waals surface area (Å²) in [6, 6.07) is 12.2. The number of nitrogens with one attached hydrogen (secondary N) is 1. The number of nitrogens with zero attached hydrogens (tertiary/aromatic N) is 7. The van der Waals surface area contributed by atoms with E-state index in [4.69, 9.17) is 9.84 Å². The fourth-order valence-electron chi connectivity index (χ4n) is 5.08. The molecule has 0 radical (unpaired) electrons. The number of carbonyl (C=O) groups excluding carboxylic acids is 1. The Kier molecular flexibility index (Phi) is 7.00. The average molecular weight is 527 g/mol. The third-order valence-electron chi connectivity index (χ3n) is 7.03. The van der Waals surface area contributed by atoms with E-state index < -0.39 is 5.60 Å². The van der Waals surface area contributed by atoms with Gasteiger partial charge >= 0.3 is 6.09 Å². The number of anilines is 1. The van der Waals surface area contributed by atoms with Gasteiger partial charge in [0.2, 0.25) is 0 Å². The number of piperidine rings is 1. The van der Waals surface area contributed by atoms with Crippen LogP contribution in [0.2, 0.25) is 0 Å². The van der Waals surface area contributed by atoms with Crippen LogP contribution in [0.5, 0.6) is 0 Å². The molecule has 1 aliphatic rings. The Bertz CT molecular complexity index is 1520. The van der Waals surface area contributed by atoms with Gasteiger partial charge < -0.3 is 15.0 Å². The smallest absolute Gasteiger partial charge is 0.410 e. The highest BCUT2D eigenvalue weighted by Gasteiger charge is 2.29. The van der Waals surface area contributed by atoms with Crippen LogP contribution in [0.15, 0.2) is 48.9 Å². The van der Waals surface area contributed by atoms with Crippen LogP contribution in [0.25, 0.3) is 16.8 Å². The lowest BCUT2D eigenvalue weighted by Gasteiger charge is -2.34. The first kappa shape index (κ1) is 26.2. The lowest BCUT2D eigenvalue weighted by Crippen LogP contribution is -2.42. The number of rotatable bonds is 5. The van der Waals surface area contributed by atoms with Gasteiger partial charge in [-0.15, -0.1) is 0 Å².